The van der Waals surface area contributed by atoms with E-state index in [1.807, 2.05) is 19.9 Å². The van der Waals surface area contributed by atoms with Gasteiger partial charge in [-0.3, -0.25) is 0 Å². The molecular weight excluding hydrogens is 200 g/mol. The van der Waals surface area contributed by atoms with Crippen molar-refractivity contribution in [2.75, 3.05) is 0 Å². The van der Waals surface area contributed by atoms with E-state index in [0.717, 1.165) is 28.7 Å². The lowest BCUT2D eigenvalue weighted by Gasteiger charge is -2.30. The van der Waals surface area contributed by atoms with Gasteiger partial charge in [-0.2, -0.15) is 0 Å². The highest BCUT2D eigenvalue weighted by atomic mass is 16.3. The number of aliphatic hydroxyl groups excluding tert-OH is 1. The van der Waals surface area contributed by atoms with Gasteiger partial charge in [-0.05, 0) is 49.8 Å². The third-order valence-corrected chi connectivity index (χ3v) is 3.56. The standard InChI is InChI=1S/C14H18O2/c1-8(2)10-6-11-9(3)4-5-12(15)14(11)13(16)7-10/h4-5,10,13,15-16H,1,6-7H2,2-3H3. The molecule has 0 amide bonds. The molecule has 86 valence electrons. The van der Waals surface area contributed by atoms with Crippen molar-refractivity contribution in [1.82, 2.24) is 0 Å². The molecule has 0 heterocycles. The fourth-order valence-electron chi connectivity index (χ4n) is 2.50. The third kappa shape index (κ3) is 1.74. The Hall–Kier alpha value is -1.28. The third-order valence-electron chi connectivity index (χ3n) is 3.56. The van der Waals surface area contributed by atoms with Crippen molar-refractivity contribution in [1.29, 1.82) is 0 Å². The summed E-state index contributed by atoms with van der Waals surface area (Å²) in [7, 11) is 0. The van der Waals surface area contributed by atoms with Crippen LogP contribution in [0.5, 0.6) is 5.75 Å². The number of allylic oxidation sites excluding steroid dienone is 1. The van der Waals surface area contributed by atoms with Gasteiger partial charge < -0.3 is 10.2 Å². The van der Waals surface area contributed by atoms with Crippen LogP contribution in [0, 0.1) is 12.8 Å². The largest absolute Gasteiger partial charge is 0.508 e. The van der Waals surface area contributed by atoms with E-state index in [9.17, 15) is 10.2 Å². The highest BCUT2D eigenvalue weighted by Gasteiger charge is 2.29. The normalized spacial score (nSPS) is 23.9. The van der Waals surface area contributed by atoms with E-state index in [0.29, 0.717) is 12.3 Å². The first-order valence-corrected chi connectivity index (χ1v) is 5.65. The van der Waals surface area contributed by atoms with Crippen LogP contribution in [0.1, 0.15) is 36.1 Å². The minimum Gasteiger partial charge on any atom is -0.508 e. The van der Waals surface area contributed by atoms with Crippen molar-refractivity contribution in [3.8, 4) is 5.75 Å². The molecule has 1 aliphatic carbocycles. The highest BCUT2D eigenvalue weighted by molar-refractivity contribution is 5.47. The van der Waals surface area contributed by atoms with Gasteiger partial charge in [0, 0.05) is 5.56 Å². The average molecular weight is 218 g/mol. The smallest absolute Gasteiger partial charge is 0.121 e. The van der Waals surface area contributed by atoms with Crippen LogP contribution in [0.25, 0.3) is 0 Å². The molecule has 0 aliphatic heterocycles. The second-order valence-corrected chi connectivity index (χ2v) is 4.79. The van der Waals surface area contributed by atoms with E-state index < -0.39 is 6.10 Å². The molecule has 0 radical (unpaired) electrons. The summed E-state index contributed by atoms with van der Waals surface area (Å²) >= 11 is 0. The van der Waals surface area contributed by atoms with Crippen LogP contribution in [0.2, 0.25) is 0 Å². The molecule has 1 aliphatic rings. The molecule has 0 bridgehead atoms. The Morgan fingerprint density at radius 2 is 2.12 bits per heavy atom. The lowest BCUT2D eigenvalue weighted by atomic mass is 9.77. The maximum absolute atomic E-state index is 10.1. The summed E-state index contributed by atoms with van der Waals surface area (Å²) in [5.41, 5.74) is 4.05. The van der Waals surface area contributed by atoms with Crippen molar-refractivity contribution < 1.29 is 10.2 Å². The summed E-state index contributed by atoms with van der Waals surface area (Å²) in [6.45, 7) is 7.98. The van der Waals surface area contributed by atoms with Crippen LogP contribution in [-0.2, 0) is 6.42 Å². The quantitative estimate of drug-likeness (QED) is 0.711. The molecule has 0 spiro atoms. The van der Waals surface area contributed by atoms with E-state index in [2.05, 4.69) is 6.58 Å². The van der Waals surface area contributed by atoms with Gasteiger partial charge in [-0.25, -0.2) is 0 Å². The topological polar surface area (TPSA) is 40.5 Å². The molecule has 1 aromatic carbocycles. The predicted molar refractivity (Wildman–Crippen MR) is 64.4 cm³/mol. The van der Waals surface area contributed by atoms with Gasteiger partial charge in [0.2, 0.25) is 0 Å². The van der Waals surface area contributed by atoms with Crippen LogP contribution >= 0.6 is 0 Å². The molecule has 2 nitrogen and oxygen atoms in total. The predicted octanol–water partition coefficient (Wildman–Crippen LogP) is 2.87. The van der Waals surface area contributed by atoms with Gasteiger partial charge >= 0.3 is 0 Å². The lowest BCUT2D eigenvalue weighted by molar-refractivity contribution is 0.136. The van der Waals surface area contributed by atoms with Gasteiger partial charge in [-0.1, -0.05) is 18.2 Å². The maximum atomic E-state index is 10.1. The molecule has 0 aromatic heterocycles. The minimum absolute atomic E-state index is 0.216. The molecule has 2 unspecified atom stereocenters. The van der Waals surface area contributed by atoms with Crippen molar-refractivity contribution in [2.24, 2.45) is 5.92 Å². The maximum Gasteiger partial charge on any atom is 0.121 e. The lowest BCUT2D eigenvalue weighted by Crippen LogP contribution is -2.20. The van der Waals surface area contributed by atoms with Gasteiger partial charge in [0.25, 0.3) is 0 Å². The first kappa shape index (κ1) is 11.2. The summed E-state index contributed by atoms with van der Waals surface area (Å²) in [4.78, 5) is 0. The molecule has 2 atom stereocenters. The van der Waals surface area contributed by atoms with Gasteiger partial charge in [-0.15, -0.1) is 0 Å². The first-order valence-electron chi connectivity index (χ1n) is 5.65. The summed E-state index contributed by atoms with van der Waals surface area (Å²) < 4.78 is 0. The zero-order valence-electron chi connectivity index (χ0n) is 9.83. The minimum atomic E-state index is -0.564. The van der Waals surface area contributed by atoms with Crippen LogP contribution in [-0.4, -0.2) is 10.2 Å². The van der Waals surface area contributed by atoms with Crippen LogP contribution in [0.4, 0.5) is 0 Å². The number of rotatable bonds is 1. The van der Waals surface area contributed by atoms with E-state index in [1.165, 1.54) is 0 Å². The number of phenols is 1. The molecule has 2 heteroatoms. The molecule has 2 rings (SSSR count). The Morgan fingerprint density at radius 3 is 2.75 bits per heavy atom. The average Bonchev–Trinajstić information content (AvgIpc) is 2.22. The van der Waals surface area contributed by atoms with Crippen molar-refractivity contribution in [3.63, 3.8) is 0 Å². The summed E-state index contributed by atoms with van der Waals surface area (Å²) in [5.74, 6) is 0.538. The van der Waals surface area contributed by atoms with Crippen molar-refractivity contribution >= 4 is 0 Å². The second kappa shape index (κ2) is 3.95. The fourth-order valence-corrected chi connectivity index (χ4v) is 2.50. The van der Waals surface area contributed by atoms with E-state index in [4.69, 9.17) is 0 Å². The zero-order chi connectivity index (χ0) is 11.9. The number of benzene rings is 1. The number of phenolic OH excluding ortho intramolecular Hbond substituents is 1. The number of hydrogen-bond donors (Lipinski definition) is 2. The fraction of sp³-hybridized carbons (Fsp3) is 0.429. The monoisotopic (exact) mass is 218 g/mol. The number of hydrogen-bond acceptors (Lipinski definition) is 2. The molecule has 1 aromatic rings. The summed E-state index contributed by atoms with van der Waals surface area (Å²) in [6, 6.07) is 3.57. The number of fused-ring (bicyclic) bond motifs is 1. The Morgan fingerprint density at radius 1 is 1.44 bits per heavy atom. The second-order valence-electron chi connectivity index (χ2n) is 4.79. The van der Waals surface area contributed by atoms with Gasteiger partial charge in [0.1, 0.15) is 5.75 Å². The molecular formula is C14H18O2. The Bertz CT molecular complexity index is 435. The summed E-state index contributed by atoms with van der Waals surface area (Å²) in [6.07, 6.45) is 0.978. The van der Waals surface area contributed by atoms with E-state index in [-0.39, 0.29) is 5.75 Å². The Labute approximate surface area is 96.2 Å². The van der Waals surface area contributed by atoms with E-state index in [1.54, 1.807) is 6.07 Å². The molecule has 0 saturated carbocycles. The van der Waals surface area contributed by atoms with Gasteiger partial charge in [0.15, 0.2) is 0 Å². The number of aromatic hydroxyl groups is 1. The zero-order valence-corrected chi connectivity index (χ0v) is 9.83. The number of aryl methyl sites for hydroxylation is 1. The number of aliphatic hydroxyl groups is 1. The molecule has 16 heavy (non-hydrogen) atoms. The highest BCUT2D eigenvalue weighted by Crippen LogP contribution is 2.41. The van der Waals surface area contributed by atoms with Crippen molar-refractivity contribution in [3.05, 3.63) is 41.0 Å². The van der Waals surface area contributed by atoms with Crippen molar-refractivity contribution in [2.45, 2.75) is 32.8 Å². The molecule has 0 fully saturated rings. The van der Waals surface area contributed by atoms with Crippen LogP contribution in [0.3, 0.4) is 0 Å². The molecule has 2 N–H and O–H groups in total. The first-order chi connectivity index (χ1) is 7.50. The van der Waals surface area contributed by atoms with Crippen LogP contribution in [0.15, 0.2) is 24.3 Å². The van der Waals surface area contributed by atoms with E-state index >= 15 is 0 Å². The Balaban J connectivity index is 2.49. The summed E-state index contributed by atoms with van der Waals surface area (Å²) in [5, 5.41) is 19.9. The molecule has 0 saturated heterocycles. The van der Waals surface area contributed by atoms with Crippen LogP contribution < -0.4 is 0 Å². The van der Waals surface area contributed by atoms with Gasteiger partial charge in [0.05, 0.1) is 6.10 Å². The SMILES string of the molecule is C=C(C)C1Cc2c(C)ccc(O)c2C(O)C1. The Kier molecular flexibility index (Phi) is 2.76.